The molecule has 0 heterocycles. The number of nitrogens with zero attached hydrogens (tertiary/aromatic N) is 2. The first kappa shape index (κ1) is 94.3. The summed E-state index contributed by atoms with van der Waals surface area (Å²) in [6.07, 6.45) is 2.79. The molecular weight excluding hydrogens is 1390 g/mol. The number of carbonyl (C=O) groups excluding carboxylic acids is 10. The molecule has 0 aromatic heterocycles. The van der Waals surface area contributed by atoms with Crippen molar-refractivity contribution in [1.82, 2.24) is 42.5 Å². The molecule has 596 valence electrons. The van der Waals surface area contributed by atoms with E-state index >= 15 is 0 Å². The molecule has 108 heavy (non-hydrogen) atoms. The lowest BCUT2D eigenvalue weighted by molar-refractivity contribution is -0.142. The van der Waals surface area contributed by atoms with E-state index < -0.39 is 119 Å². The Morgan fingerprint density at radius 1 is 0.435 bits per heavy atom. The molecule has 4 aromatic carbocycles. The maximum absolute atomic E-state index is 13.5. The van der Waals surface area contributed by atoms with Crippen LogP contribution in [0.2, 0.25) is 0 Å². The first-order valence-corrected chi connectivity index (χ1v) is 36.8. The van der Waals surface area contributed by atoms with Crippen molar-refractivity contribution < 1.29 is 77.6 Å². The lowest BCUT2D eigenvalue weighted by Crippen LogP contribution is -2.55. The van der Waals surface area contributed by atoms with Gasteiger partial charge < -0.3 is 80.8 Å². The van der Waals surface area contributed by atoms with Crippen molar-refractivity contribution in [3.63, 3.8) is 0 Å². The van der Waals surface area contributed by atoms with E-state index in [4.69, 9.17) is 28.0 Å². The zero-order valence-electron chi connectivity index (χ0n) is 64.7. The number of carboxylic acid groups (broad SMARTS) is 3. The fourth-order valence-corrected chi connectivity index (χ4v) is 12.0. The van der Waals surface area contributed by atoms with Crippen LogP contribution in [0, 0.1) is 29.6 Å². The number of rotatable bonds is 50. The van der Waals surface area contributed by atoms with Crippen molar-refractivity contribution in [2.75, 3.05) is 47.3 Å². The van der Waals surface area contributed by atoms with Gasteiger partial charge in [0.1, 0.15) is 11.6 Å². The summed E-state index contributed by atoms with van der Waals surface area (Å²) in [7, 11) is 5.02. The number of nitrogens with one attached hydrogen (secondary N) is 8. The van der Waals surface area contributed by atoms with E-state index in [2.05, 4.69) is 66.4 Å². The van der Waals surface area contributed by atoms with Crippen molar-refractivity contribution in [2.24, 2.45) is 62.5 Å². The number of aliphatic imine (C=N–C) groups is 2. The quantitative estimate of drug-likeness (QED) is 0.0130. The number of likely N-dealkylation sites (N-methyl/N-ethyl adjacent to an activating group) is 2. The molecule has 0 saturated heterocycles. The summed E-state index contributed by atoms with van der Waals surface area (Å²) in [4.78, 5) is 170. The number of fused-ring (bicyclic) bond motifs is 2. The van der Waals surface area contributed by atoms with Gasteiger partial charge in [-0.1, -0.05) is 133 Å². The third-order valence-electron chi connectivity index (χ3n) is 18.8. The molecule has 0 fully saturated rings. The summed E-state index contributed by atoms with van der Waals surface area (Å²) >= 11 is 0. The number of carbonyl (C=O) groups is 13. The van der Waals surface area contributed by atoms with Crippen LogP contribution < -0.4 is 65.5 Å². The standard InChI is InChI=1S/2C32H46N6O6.C14H26N2O4/c2*1-19(2)28(38-31(44)26(35-4)13-8-16-36-32(33)34)30(43)29(42)25(14-15-27(40)41)37-18-23(20(3)39)17-22-11-7-10-21-9-5-6-12-24(21)22;1-5-9(2)12(15-4)8-13(18)16-11(10(3)17)6-7-14(19)20/h2*5-7,9-12,19,23,25-26,28,35,37H,8,13-18H2,1-4H3,(H,38,44)(H,40,41)(H4,33,34,36);9,11-12,15H,5-8H2,1-4H3,(H,16,18)(H,19,20)/t2*23-,25+,26+,28+;9-,11-,12+/m110/s1. The fraction of sp³-hybridized carbons (Fsp3) is 0.551. The average molecular weight is 1510 g/mol. The summed E-state index contributed by atoms with van der Waals surface area (Å²) in [5.74, 6) is -9.78. The maximum atomic E-state index is 13.5. The highest BCUT2D eigenvalue weighted by Gasteiger charge is 2.38. The smallest absolute Gasteiger partial charge is 0.303 e. The molecule has 4 aromatic rings. The van der Waals surface area contributed by atoms with Crippen LogP contribution in [-0.4, -0.2) is 199 Å². The van der Waals surface area contributed by atoms with Gasteiger partial charge in [-0.3, -0.25) is 72.3 Å². The van der Waals surface area contributed by atoms with Crippen molar-refractivity contribution in [3.8, 4) is 0 Å². The molecule has 3 amide bonds. The highest BCUT2D eigenvalue weighted by atomic mass is 16.4. The number of ketones is 7. The first-order valence-electron chi connectivity index (χ1n) is 36.8. The molecule has 0 saturated carbocycles. The van der Waals surface area contributed by atoms with Gasteiger partial charge in [0.15, 0.2) is 17.7 Å². The Morgan fingerprint density at radius 2 is 0.796 bits per heavy atom. The molecule has 30 heteroatoms. The van der Waals surface area contributed by atoms with Gasteiger partial charge in [0.2, 0.25) is 40.9 Å². The Balaban J connectivity index is 0.000000589. The van der Waals surface area contributed by atoms with Gasteiger partial charge >= 0.3 is 17.9 Å². The van der Waals surface area contributed by atoms with E-state index in [1.54, 1.807) is 48.8 Å². The van der Waals surface area contributed by atoms with Crippen LogP contribution in [0.25, 0.3) is 21.5 Å². The molecule has 0 aliphatic heterocycles. The summed E-state index contributed by atoms with van der Waals surface area (Å²) < 4.78 is 0. The van der Waals surface area contributed by atoms with Crippen molar-refractivity contribution in [1.29, 1.82) is 0 Å². The Kier molecular flexibility index (Phi) is 43.7. The van der Waals surface area contributed by atoms with Gasteiger partial charge in [0.05, 0.1) is 42.3 Å². The molecule has 0 aliphatic rings. The van der Waals surface area contributed by atoms with Gasteiger partial charge in [-0.05, 0) is 150 Å². The highest BCUT2D eigenvalue weighted by Crippen LogP contribution is 2.25. The predicted octanol–water partition coefficient (Wildman–Crippen LogP) is 3.61. The molecule has 0 bridgehead atoms. The van der Waals surface area contributed by atoms with Gasteiger partial charge in [-0.15, -0.1) is 0 Å². The van der Waals surface area contributed by atoms with Crippen LogP contribution in [0.3, 0.4) is 0 Å². The Hall–Kier alpha value is -9.75. The number of amides is 3. The van der Waals surface area contributed by atoms with Crippen LogP contribution in [0.4, 0.5) is 0 Å². The first-order chi connectivity index (χ1) is 51.0. The minimum atomic E-state index is -1.15. The van der Waals surface area contributed by atoms with Crippen LogP contribution in [0.1, 0.15) is 150 Å². The summed E-state index contributed by atoms with van der Waals surface area (Å²) in [5.41, 5.74) is 23.3. The average Bonchev–Trinajstić information content (AvgIpc) is 0.831. The normalized spacial score (nSPS) is 14.2. The van der Waals surface area contributed by atoms with Gasteiger partial charge in [0.25, 0.3) is 0 Å². The molecule has 0 aliphatic carbocycles. The van der Waals surface area contributed by atoms with Crippen molar-refractivity contribution >= 4 is 110 Å². The van der Waals surface area contributed by atoms with Gasteiger partial charge in [0, 0.05) is 69.7 Å². The molecule has 11 atom stereocenters. The SMILES string of the molecule is CC[C@H](C)[C@@H](CC(=O)N[C@@H](CCC(=O)O)C(C)=O)NC.CN[C@@H](CCCN=C(N)N)C(=O)N[C@H](C(=O)C(=O)[C@H](CCC(=O)O)NC[C@@H](Cc1cccc2ccccc12)C(C)=O)C(C)C.CN[C@@H](CCCN=C(N)N)C(=O)N[C@H](C(=O)C(=O)[C@H](CCC(=O)O)NC[C@@H](Cc1cccc2ccccc12)C(C)=O)C(C)C. The zero-order valence-corrected chi connectivity index (χ0v) is 64.7. The molecule has 30 nitrogen and oxygen atoms in total. The van der Waals surface area contributed by atoms with E-state index in [0.29, 0.717) is 57.5 Å². The Labute approximate surface area is 633 Å². The van der Waals surface area contributed by atoms with Crippen LogP contribution >= 0.6 is 0 Å². The minimum Gasteiger partial charge on any atom is -0.481 e. The van der Waals surface area contributed by atoms with Crippen LogP contribution in [0.5, 0.6) is 0 Å². The lowest BCUT2D eigenvalue weighted by atomic mass is 9.90. The number of carboxylic acids is 3. The molecule has 0 radical (unpaired) electrons. The third-order valence-corrected chi connectivity index (χ3v) is 18.8. The molecule has 0 unspecified atom stereocenters. The molecular formula is C78H118N14O16. The van der Waals surface area contributed by atoms with Crippen molar-refractivity contribution in [2.45, 2.75) is 201 Å². The summed E-state index contributed by atoms with van der Waals surface area (Å²) in [6, 6.07) is 20.9. The third kappa shape index (κ3) is 34.4. The number of hydrogen-bond donors (Lipinski definition) is 15. The largest absolute Gasteiger partial charge is 0.481 e. The Morgan fingerprint density at radius 3 is 1.11 bits per heavy atom. The van der Waals surface area contributed by atoms with E-state index in [1.807, 2.05) is 84.9 Å². The molecule has 19 N–H and O–H groups in total. The minimum absolute atomic E-state index is 0.0475. The summed E-state index contributed by atoms with van der Waals surface area (Å²) in [5, 5.41) is 54.3. The van der Waals surface area contributed by atoms with Gasteiger partial charge in [-0.25, -0.2) is 0 Å². The summed E-state index contributed by atoms with van der Waals surface area (Å²) in [6.45, 7) is 16.0. The number of hydrogen-bond acceptors (Lipinski definition) is 20. The highest BCUT2D eigenvalue weighted by molar-refractivity contribution is 6.42. The number of guanidine groups is 2. The number of nitrogens with two attached hydrogens (primary N) is 4. The second-order valence-corrected chi connectivity index (χ2v) is 27.7. The molecule has 0 spiro atoms. The van der Waals surface area contributed by atoms with E-state index in [9.17, 15) is 72.5 Å². The van der Waals surface area contributed by atoms with Crippen molar-refractivity contribution in [3.05, 3.63) is 96.1 Å². The zero-order chi connectivity index (χ0) is 81.3. The van der Waals surface area contributed by atoms with E-state index in [0.717, 1.165) is 39.1 Å². The van der Waals surface area contributed by atoms with E-state index in [-0.39, 0.29) is 99.3 Å². The van der Waals surface area contributed by atoms with Crippen LogP contribution in [-0.2, 0) is 75.2 Å². The lowest BCUT2D eigenvalue weighted by Gasteiger charge is -2.26. The second-order valence-electron chi connectivity index (χ2n) is 27.7. The second kappa shape index (κ2) is 50.0. The topological polar surface area (TPSA) is 508 Å². The Bertz CT molecular complexity index is 3490. The maximum Gasteiger partial charge on any atom is 0.303 e. The van der Waals surface area contributed by atoms with E-state index in [1.165, 1.54) is 20.8 Å². The number of aliphatic carboxylic acids is 3. The number of benzene rings is 4. The predicted molar refractivity (Wildman–Crippen MR) is 416 cm³/mol. The molecule has 4 rings (SSSR count). The number of Topliss-reactive ketones (excluding diaryl/α,β-unsaturated/α-hetero) is 7. The van der Waals surface area contributed by atoms with Gasteiger partial charge in [-0.2, -0.15) is 0 Å². The fourth-order valence-electron chi connectivity index (χ4n) is 12.0. The van der Waals surface area contributed by atoms with Crippen LogP contribution in [0.15, 0.2) is 94.9 Å². The monoisotopic (exact) mass is 1510 g/mol.